The number of hydrogen-bond acceptors (Lipinski definition) is 2. The Hall–Kier alpha value is -1.51. The number of aryl methyl sites for hydroxylation is 1. The van der Waals surface area contributed by atoms with Gasteiger partial charge in [-0.2, -0.15) is 0 Å². The number of benzene rings is 1. The summed E-state index contributed by atoms with van der Waals surface area (Å²) in [6.07, 6.45) is 1.32. The second-order valence-electron chi connectivity index (χ2n) is 6.03. The highest BCUT2D eigenvalue weighted by atomic mass is 16.5. The quantitative estimate of drug-likeness (QED) is 0.872. The van der Waals surface area contributed by atoms with E-state index in [-0.39, 0.29) is 17.4 Å². The van der Waals surface area contributed by atoms with Crippen molar-refractivity contribution in [1.82, 2.24) is 5.32 Å². The van der Waals surface area contributed by atoms with Gasteiger partial charge in [-0.3, -0.25) is 4.79 Å². The average Bonchev–Trinajstić information content (AvgIpc) is 2.34. The molecule has 1 atom stereocenters. The van der Waals surface area contributed by atoms with Gasteiger partial charge < -0.3 is 10.1 Å². The van der Waals surface area contributed by atoms with Crippen LogP contribution in [0, 0.1) is 5.41 Å². The third-order valence-electron chi connectivity index (χ3n) is 3.00. The minimum Gasteiger partial charge on any atom is -0.480 e. The molecule has 0 fully saturated rings. The Morgan fingerprint density at radius 2 is 2.11 bits per heavy atom. The van der Waals surface area contributed by atoms with Crippen LogP contribution < -0.4 is 10.1 Å². The molecule has 1 aliphatic rings. The summed E-state index contributed by atoms with van der Waals surface area (Å²) in [6, 6.07) is 7.92. The smallest absolute Gasteiger partial charge is 0.261 e. The maximum atomic E-state index is 12.0. The average molecular weight is 247 g/mol. The number of amides is 1. The molecule has 1 N–H and O–H groups in total. The largest absolute Gasteiger partial charge is 0.480 e. The highest BCUT2D eigenvalue weighted by Gasteiger charge is 2.26. The van der Waals surface area contributed by atoms with Crippen LogP contribution in [0.3, 0.4) is 0 Å². The zero-order valence-corrected chi connectivity index (χ0v) is 11.3. The monoisotopic (exact) mass is 247 g/mol. The molecule has 0 radical (unpaired) electrons. The fourth-order valence-electron chi connectivity index (χ4n) is 1.97. The lowest BCUT2D eigenvalue weighted by molar-refractivity contribution is -0.129. The molecule has 1 aliphatic heterocycles. The van der Waals surface area contributed by atoms with Crippen LogP contribution in [0.5, 0.6) is 5.75 Å². The van der Waals surface area contributed by atoms with Gasteiger partial charge in [0.15, 0.2) is 6.10 Å². The van der Waals surface area contributed by atoms with E-state index in [0.717, 1.165) is 18.6 Å². The van der Waals surface area contributed by atoms with Crippen molar-refractivity contribution in [1.29, 1.82) is 0 Å². The molecular formula is C15H21NO2. The lowest BCUT2D eigenvalue weighted by atomic mass is 9.96. The van der Waals surface area contributed by atoms with E-state index in [0.29, 0.717) is 6.54 Å². The summed E-state index contributed by atoms with van der Waals surface area (Å²) in [5.41, 5.74) is 1.29. The molecule has 0 saturated heterocycles. The van der Waals surface area contributed by atoms with Crippen LogP contribution in [0.4, 0.5) is 0 Å². The van der Waals surface area contributed by atoms with Gasteiger partial charge in [0.25, 0.3) is 5.91 Å². The van der Waals surface area contributed by atoms with E-state index in [2.05, 4.69) is 32.2 Å². The number of nitrogens with one attached hydrogen (secondary N) is 1. The Morgan fingerprint density at radius 3 is 2.83 bits per heavy atom. The summed E-state index contributed by atoms with van der Waals surface area (Å²) >= 11 is 0. The highest BCUT2D eigenvalue weighted by Crippen LogP contribution is 2.27. The van der Waals surface area contributed by atoms with E-state index in [1.54, 1.807) is 0 Å². The molecule has 3 nitrogen and oxygen atoms in total. The van der Waals surface area contributed by atoms with Gasteiger partial charge in [0.2, 0.25) is 0 Å². The van der Waals surface area contributed by atoms with E-state index < -0.39 is 0 Å². The fraction of sp³-hybridized carbons (Fsp3) is 0.533. The Bertz CT molecular complexity index is 434. The number of carbonyl (C=O) groups excluding carboxylic acids is 1. The molecule has 1 aromatic rings. The summed E-state index contributed by atoms with van der Waals surface area (Å²) in [7, 11) is 0. The summed E-state index contributed by atoms with van der Waals surface area (Å²) in [5.74, 6) is 0.846. The van der Waals surface area contributed by atoms with Crippen molar-refractivity contribution >= 4 is 5.91 Å². The lowest BCUT2D eigenvalue weighted by Gasteiger charge is -2.26. The van der Waals surface area contributed by atoms with Crippen LogP contribution in [0.1, 0.15) is 32.8 Å². The van der Waals surface area contributed by atoms with E-state index in [1.807, 2.05) is 18.2 Å². The Morgan fingerprint density at radius 1 is 1.39 bits per heavy atom. The van der Waals surface area contributed by atoms with E-state index in [1.165, 1.54) is 5.56 Å². The number of fused-ring (bicyclic) bond motifs is 1. The minimum atomic E-state index is -0.345. The molecule has 0 bridgehead atoms. The van der Waals surface area contributed by atoms with Crippen molar-refractivity contribution in [3.05, 3.63) is 29.8 Å². The third kappa shape index (κ3) is 3.25. The first-order valence-electron chi connectivity index (χ1n) is 6.48. The van der Waals surface area contributed by atoms with Gasteiger partial charge in [0.05, 0.1) is 0 Å². The van der Waals surface area contributed by atoms with Crippen molar-refractivity contribution in [3.8, 4) is 5.75 Å². The van der Waals surface area contributed by atoms with Crippen molar-refractivity contribution in [3.63, 3.8) is 0 Å². The normalized spacial score (nSPS) is 18.7. The van der Waals surface area contributed by atoms with Crippen molar-refractivity contribution in [2.24, 2.45) is 5.41 Å². The van der Waals surface area contributed by atoms with Gasteiger partial charge in [0.1, 0.15) is 5.75 Å². The van der Waals surface area contributed by atoms with Crippen LogP contribution in [0.2, 0.25) is 0 Å². The molecule has 98 valence electrons. The van der Waals surface area contributed by atoms with Gasteiger partial charge in [-0.15, -0.1) is 0 Å². The van der Waals surface area contributed by atoms with Gasteiger partial charge in [0, 0.05) is 6.54 Å². The first-order valence-corrected chi connectivity index (χ1v) is 6.48. The van der Waals surface area contributed by atoms with E-state index >= 15 is 0 Å². The highest BCUT2D eigenvalue weighted by molar-refractivity contribution is 5.81. The summed E-state index contributed by atoms with van der Waals surface area (Å²) in [6.45, 7) is 6.98. The second-order valence-corrected chi connectivity index (χ2v) is 6.03. The van der Waals surface area contributed by atoms with Gasteiger partial charge >= 0.3 is 0 Å². The predicted molar refractivity (Wildman–Crippen MR) is 71.6 cm³/mol. The molecule has 2 rings (SSSR count). The predicted octanol–water partition coefficient (Wildman–Crippen LogP) is 2.54. The maximum absolute atomic E-state index is 12.0. The molecule has 1 amide bonds. The van der Waals surface area contributed by atoms with Crippen molar-refractivity contribution in [2.75, 3.05) is 6.54 Å². The number of hydrogen-bond donors (Lipinski definition) is 1. The zero-order valence-electron chi connectivity index (χ0n) is 11.3. The minimum absolute atomic E-state index is 0.000530. The molecule has 0 aliphatic carbocycles. The van der Waals surface area contributed by atoms with Gasteiger partial charge in [-0.1, -0.05) is 39.0 Å². The third-order valence-corrected chi connectivity index (χ3v) is 3.00. The summed E-state index contributed by atoms with van der Waals surface area (Å²) in [5, 5.41) is 2.96. The van der Waals surface area contributed by atoms with Crippen LogP contribution in [-0.2, 0) is 11.2 Å². The lowest BCUT2D eigenvalue weighted by Crippen LogP contribution is -2.43. The first-order chi connectivity index (χ1) is 8.46. The SMILES string of the molecule is CC(C)(C)CNC(=O)C1CCc2ccccc2O1. The second kappa shape index (κ2) is 5.01. The van der Waals surface area contributed by atoms with E-state index in [4.69, 9.17) is 4.74 Å². The number of para-hydroxylation sites is 1. The number of rotatable bonds is 2. The maximum Gasteiger partial charge on any atom is 0.261 e. The summed E-state index contributed by atoms with van der Waals surface area (Å²) in [4.78, 5) is 12.0. The molecule has 0 saturated carbocycles. The molecule has 0 spiro atoms. The van der Waals surface area contributed by atoms with Crippen molar-refractivity contribution in [2.45, 2.75) is 39.7 Å². The Labute approximate surface area is 109 Å². The summed E-state index contributed by atoms with van der Waals surface area (Å²) < 4.78 is 5.75. The zero-order chi connectivity index (χ0) is 13.2. The molecule has 1 heterocycles. The van der Waals surface area contributed by atoms with Gasteiger partial charge in [-0.05, 0) is 29.9 Å². The first kappa shape index (κ1) is 12.9. The fourth-order valence-corrected chi connectivity index (χ4v) is 1.97. The standard InChI is InChI=1S/C15H21NO2/c1-15(2,3)10-16-14(17)13-9-8-11-6-4-5-7-12(11)18-13/h4-7,13H,8-10H2,1-3H3,(H,16,17). The number of ether oxygens (including phenoxy) is 1. The molecule has 18 heavy (non-hydrogen) atoms. The Kier molecular flexibility index (Phi) is 3.60. The van der Waals surface area contributed by atoms with Gasteiger partial charge in [-0.25, -0.2) is 0 Å². The number of carbonyl (C=O) groups is 1. The molecule has 1 unspecified atom stereocenters. The molecule has 0 aromatic heterocycles. The Balaban J connectivity index is 1.95. The molecular weight excluding hydrogens is 226 g/mol. The van der Waals surface area contributed by atoms with E-state index in [9.17, 15) is 4.79 Å². The molecule has 1 aromatic carbocycles. The van der Waals surface area contributed by atoms with Crippen LogP contribution in [-0.4, -0.2) is 18.6 Å². The van der Waals surface area contributed by atoms with Crippen LogP contribution in [0.15, 0.2) is 24.3 Å². The topological polar surface area (TPSA) is 38.3 Å². The van der Waals surface area contributed by atoms with Crippen LogP contribution >= 0.6 is 0 Å². The molecule has 3 heteroatoms. The van der Waals surface area contributed by atoms with Crippen molar-refractivity contribution < 1.29 is 9.53 Å². The van der Waals surface area contributed by atoms with Crippen LogP contribution in [0.25, 0.3) is 0 Å².